The molecule has 7 heteroatoms. The molecule has 0 aromatic heterocycles. The van der Waals surface area contributed by atoms with Crippen molar-refractivity contribution in [2.45, 2.75) is 37.1 Å². The Bertz CT molecular complexity index is 284. The van der Waals surface area contributed by atoms with E-state index in [4.69, 9.17) is 14.6 Å². The molecule has 1 amide bonds. The van der Waals surface area contributed by atoms with Crippen molar-refractivity contribution in [3.63, 3.8) is 0 Å². The first-order valence-electron chi connectivity index (χ1n) is 4.61. The second-order valence-electron chi connectivity index (χ2n) is 3.89. The zero-order valence-corrected chi connectivity index (χ0v) is 8.08. The van der Waals surface area contributed by atoms with E-state index < -0.39 is 36.2 Å². The average molecular weight is 219 g/mol. The third-order valence-corrected chi connectivity index (χ3v) is 2.84. The minimum absolute atomic E-state index is 0.145. The third-order valence-electron chi connectivity index (χ3n) is 2.84. The number of rotatable bonds is 1. The number of aliphatic hydroxyl groups excluding tert-OH is 2. The first-order chi connectivity index (χ1) is 6.94. The highest BCUT2D eigenvalue weighted by atomic mass is 16.8. The van der Waals surface area contributed by atoms with Gasteiger partial charge in [0.1, 0.15) is 24.4 Å². The fraction of sp³-hybridized carbons (Fsp3) is 0.875. The molecule has 2 saturated heterocycles. The SMILES string of the molecule is C[C@]12OC[C@H](O1)[C@H](O)[C@H](O)[C@H]2NC(=O)O. The Morgan fingerprint density at radius 3 is 2.73 bits per heavy atom. The van der Waals surface area contributed by atoms with Crippen LogP contribution in [-0.4, -0.2) is 58.2 Å². The van der Waals surface area contributed by atoms with Crippen molar-refractivity contribution in [1.29, 1.82) is 0 Å². The number of carbonyl (C=O) groups is 1. The molecule has 0 radical (unpaired) electrons. The maximum atomic E-state index is 10.5. The molecule has 2 heterocycles. The molecule has 0 saturated carbocycles. The number of nitrogens with one attached hydrogen (secondary N) is 1. The van der Waals surface area contributed by atoms with Gasteiger partial charge in [0.2, 0.25) is 0 Å². The summed E-state index contributed by atoms with van der Waals surface area (Å²) in [7, 11) is 0. The van der Waals surface area contributed by atoms with Crippen LogP contribution in [0.1, 0.15) is 6.92 Å². The van der Waals surface area contributed by atoms with Gasteiger partial charge < -0.3 is 30.1 Å². The van der Waals surface area contributed by atoms with Gasteiger partial charge in [0.05, 0.1) is 6.61 Å². The molecular weight excluding hydrogens is 206 g/mol. The largest absolute Gasteiger partial charge is 0.465 e. The van der Waals surface area contributed by atoms with E-state index in [9.17, 15) is 15.0 Å². The number of carboxylic acid groups (broad SMARTS) is 1. The fourth-order valence-corrected chi connectivity index (χ4v) is 2.02. The number of fused-ring (bicyclic) bond motifs is 2. The molecule has 86 valence electrons. The molecule has 4 N–H and O–H groups in total. The first kappa shape index (κ1) is 10.6. The average Bonchev–Trinajstić information content (AvgIpc) is 2.52. The van der Waals surface area contributed by atoms with Crippen LogP contribution in [0.3, 0.4) is 0 Å². The fourth-order valence-electron chi connectivity index (χ4n) is 2.02. The quantitative estimate of drug-likeness (QED) is 0.427. The Morgan fingerprint density at radius 1 is 1.47 bits per heavy atom. The third kappa shape index (κ3) is 1.57. The molecule has 0 aromatic rings. The van der Waals surface area contributed by atoms with Crippen LogP contribution in [0.4, 0.5) is 4.79 Å². The lowest BCUT2D eigenvalue weighted by molar-refractivity contribution is -0.244. The Kier molecular flexibility index (Phi) is 2.34. The second kappa shape index (κ2) is 3.31. The smallest absolute Gasteiger partial charge is 0.405 e. The highest BCUT2D eigenvalue weighted by Crippen LogP contribution is 2.36. The second-order valence-corrected chi connectivity index (χ2v) is 3.89. The van der Waals surface area contributed by atoms with Gasteiger partial charge in [0.25, 0.3) is 0 Å². The lowest BCUT2D eigenvalue weighted by Crippen LogP contribution is -2.65. The molecule has 2 aliphatic rings. The van der Waals surface area contributed by atoms with Crippen LogP contribution in [0.5, 0.6) is 0 Å². The lowest BCUT2D eigenvalue weighted by Gasteiger charge is -2.41. The summed E-state index contributed by atoms with van der Waals surface area (Å²) in [5.41, 5.74) is 0. The van der Waals surface area contributed by atoms with E-state index in [1.165, 1.54) is 6.92 Å². The Labute approximate surface area is 85.6 Å². The van der Waals surface area contributed by atoms with Gasteiger partial charge in [-0.1, -0.05) is 0 Å². The summed E-state index contributed by atoms with van der Waals surface area (Å²) in [6.07, 6.45) is -4.27. The van der Waals surface area contributed by atoms with Gasteiger partial charge in [-0.05, 0) is 6.92 Å². The van der Waals surface area contributed by atoms with E-state index in [-0.39, 0.29) is 6.61 Å². The molecule has 5 atom stereocenters. The van der Waals surface area contributed by atoms with Gasteiger partial charge in [-0.3, -0.25) is 0 Å². The number of ether oxygens (including phenoxy) is 2. The number of hydrogen-bond acceptors (Lipinski definition) is 5. The molecule has 0 spiro atoms. The molecule has 2 rings (SSSR count). The zero-order valence-electron chi connectivity index (χ0n) is 8.08. The molecule has 2 bridgehead atoms. The Balaban J connectivity index is 2.22. The highest BCUT2D eigenvalue weighted by Gasteiger charge is 2.57. The van der Waals surface area contributed by atoms with Crippen LogP contribution in [0, 0.1) is 0 Å². The van der Waals surface area contributed by atoms with Crippen LogP contribution in [0.2, 0.25) is 0 Å². The number of amides is 1. The topological polar surface area (TPSA) is 108 Å². The molecule has 2 aliphatic heterocycles. The first-order valence-corrected chi connectivity index (χ1v) is 4.61. The van der Waals surface area contributed by atoms with E-state index in [1.807, 2.05) is 0 Å². The van der Waals surface area contributed by atoms with Crippen LogP contribution < -0.4 is 5.32 Å². The Morgan fingerprint density at radius 2 is 2.13 bits per heavy atom. The molecule has 7 nitrogen and oxygen atoms in total. The summed E-state index contributed by atoms with van der Waals surface area (Å²) in [6, 6.07) is -0.997. The standard InChI is InChI=1S/C8H13NO6/c1-8-6(9-7(12)13)5(11)4(10)3(15-8)2-14-8/h3-6,9-11H,2H2,1H3,(H,12,13)/t3-,4-,5-,6+,8-/m0/s1. The minimum Gasteiger partial charge on any atom is -0.465 e. The van der Waals surface area contributed by atoms with Crippen molar-refractivity contribution in [2.24, 2.45) is 0 Å². The predicted octanol–water partition coefficient (Wildman–Crippen LogP) is -1.51. The summed E-state index contributed by atoms with van der Waals surface area (Å²) in [6.45, 7) is 1.68. The van der Waals surface area contributed by atoms with E-state index in [1.54, 1.807) is 0 Å². The van der Waals surface area contributed by atoms with E-state index in [0.717, 1.165) is 0 Å². The van der Waals surface area contributed by atoms with Gasteiger partial charge in [-0.2, -0.15) is 0 Å². The predicted molar refractivity (Wildman–Crippen MR) is 46.2 cm³/mol. The van der Waals surface area contributed by atoms with Crippen molar-refractivity contribution in [3.05, 3.63) is 0 Å². The maximum Gasteiger partial charge on any atom is 0.405 e. The summed E-state index contributed by atoms with van der Waals surface area (Å²) in [5, 5.41) is 30.0. The normalized spacial score (nSPS) is 49.0. The van der Waals surface area contributed by atoms with Crippen molar-refractivity contribution in [1.82, 2.24) is 5.32 Å². The summed E-state index contributed by atoms with van der Waals surface area (Å²) >= 11 is 0. The summed E-state index contributed by atoms with van der Waals surface area (Å²) in [4.78, 5) is 10.5. The van der Waals surface area contributed by atoms with Gasteiger partial charge in [-0.25, -0.2) is 4.79 Å². The van der Waals surface area contributed by atoms with E-state index >= 15 is 0 Å². The summed E-state index contributed by atoms with van der Waals surface area (Å²) in [5.74, 6) is -1.21. The van der Waals surface area contributed by atoms with Crippen molar-refractivity contribution >= 4 is 6.09 Å². The van der Waals surface area contributed by atoms with Crippen LogP contribution in [0.15, 0.2) is 0 Å². The van der Waals surface area contributed by atoms with Crippen molar-refractivity contribution in [3.8, 4) is 0 Å². The van der Waals surface area contributed by atoms with E-state index in [0.29, 0.717) is 0 Å². The number of hydrogen-bond donors (Lipinski definition) is 4. The maximum absolute atomic E-state index is 10.5. The van der Waals surface area contributed by atoms with Gasteiger partial charge >= 0.3 is 6.09 Å². The molecular formula is C8H13NO6. The highest BCUT2D eigenvalue weighted by molar-refractivity contribution is 5.65. The zero-order chi connectivity index (χ0) is 11.2. The van der Waals surface area contributed by atoms with E-state index in [2.05, 4.69) is 5.32 Å². The molecule has 0 aromatic carbocycles. The Hall–Kier alpha value is -0.890. The molecule has 0 aliphatic carbocycles. The molecule has 0 unspecified atom stereocenters. The minimum atomic E-state index is -1.30. The monoisotopic (exact) mass is 219 g/mol. The molecule has 15 heavy (non-hydrogen) atoms. The van der Waals surface area contributed by atoms with Gasteiger partial charge in [0, 0.05) is 0 Å². The lowest BCUT2D eigenvalue weighted by atomic mass is 9.93. The van der Waals surface area contributed by atoms with Gasteiger partial charge in [-0.15, -0.1) is 0 Å². The van der Waals surface area contributed by atoms with Gasteiger partial charge in [0.15, 0.2) is 5.79 Å². The van der Waals surface area contributed by atoms with Crippen LogP contribution >= 0.6 is 0 Å². The van der Waals surface area contributed by atoms with Crippen molar-refractivity contribution < 1.29 is 29.6 Å². The molecule has 2 fully saturated rings. The van der Waals surface area contributed by atoms with Crippen molar-refractivity contribution in [2.75, 3.05) is 6.61 Å². The van der Waals surface area contributed by atoms with Crippen LogP contribution in [0.25, 0.3) is 0 Å². The number of aliphatic hydroxyl groups is 2. The van der Waals surface area contributed by atoms with Crippen LogP contribution in [-0.2, 0) is 9.47 Å². The summed E-state index contributed by atoms with van der Waals surface area (Å²) < 4.78 is 10.6.